The number of amidine groups is 1. The van der Waals surface area contributed by atoms with E-state index in [9.17, 15) is 0 Å². The van der Waals surface area contributed by atoms with Crippen LogP contribution in [0, 0.1) is 26.7 Å². The molecule has 0 atom stereocenters. The van der Waals surface area contributed by atoms with Gasteiger partial charge in [-0.3, -0.25) is 4.79 Å². The molecule has 0 saturated carbocycles. The molecule has 4 rings (SSSR count). The molecule has 8 heteroatoms. The standard InChI is InChI=1S/C20H21ClN4.C4H10O.C2H4O2.C2H2/c1-4-15-12(3)19-20-16(18(15)13-5-7-14(21)8-6-13)9-11(2)25(20)10-17(23-19)24-22;1-4(2,3)5;1-4-2-3;1-2/h5-9H,4,10,22H2,1-3H3,(H,23,24);5H,1-3H3;2H,1H3;1-2H. The summed E-state index contributed by atoms with van der Waals surface area (Å²) in [7, 11) is 1.31. The van der Waals surface area contributed by atoms with Crippen molar-refractivity contribution in [3.8, 4) is 24.0 Å². The van der Waals surface area contributed by atoms with Gasteiger partial charge in [-0.05, 0) is 81.5 Å². The number of methoxy groups -OCH3 is 1. The van der Waals surface area contributed by atoms with Gasteiger partial charge in [-0.25, -0.2) is 10.8 Å². The van der Waals surface area contributed by atoms with Gasteiger partial charge in [0.25, 0.3) is 6.47 Å². The number of nitrogens with two attached hydrogens (primary N) is 1. The van der Waals surface area contributed by atoms with Crippen molar-refractivity contribution in [2.24, 2.45) is 10.8 Å². The Labute approximate surface area is 219 Å². The highest BCUT2D eigenvalue weighted by Crippen LogP contribution is 2.44. The van der Waals surface area contributed by atoms with Gasteiger partial charge < -0.3 is 19.8 Å². The van der Waals surface area contributed by atoms with Crippen molar-refractivity contribution in [2.45, 2.75) is 60.1 Å². The van der Waals surface area contributed by atoms with E-state index in [1.54, 1.807) is 20.8 Å². The van der Waals surface area contributed by atoms with Crippen molar-refractivity contribution in [3.63, 3.8) is 0 Å². The highest BCUT2D eigenvalue weighted by atomic mass is 35.5. The third-order valence-corrected chi connectivity index (χ3v) is 5.46. The van der Waals surface area contributed by atoms with Crippen LogP contribution in [0.4, 0.5) is 5.69 Å². The summed E-state index contributed by atoms with van der Waals surface area (Å²) in [6.45, 7) is 12.8. The number of hydrazine groups is 1. The van der Waals surface area contributed by atoms with Crippen LogP contribution >= 0.6 is 11.6 Å². The number of carbonyl (C=O) groups excluding carboxylic acids is 1. The van der Waals surface area contributed by atoms with Gasteiger partial charge in [0, 0.05) is 16.1 Å². The van der Waals surface area contributed by atoms with E-state index in [1.165, 1.54) is 46.0 Å². The number of benzene rings is 2. The van der Waals surface area contributed by atoms with Crippen LogP contribution in [0.3, 0.4) is 0 Å². The fourth-order valence-electron chi connectivity index (χ4n) is 3.92. The van der Waals surface area contributed by atoms with Crippen molar-refractivity contribution < 1.29 is 14.6 Å². The smallest absolute Gasteiger partial charge is 0.292 e. The average Bonchev–Trinajstić information content (AvgIpc) is 3.18. The first-order valence-corrected chi connectivity index (χ1v) is 11.8. The summed E-state index contributed by atoms with van der Waals surface area (Å²) in [6.07, 6.45) is 8.94. The zero-order chi connectivity index (χ0) is 27.6. The second-order valence-corrected chi connectivity index (χ2v) is 9.46. The molecule has 0 fully saturated rings. The number of halogens is 1. The molecule has 0 amide bonds. The number of nitrogens with one attached hydrogen (secondary N) is 1. The number of nitrogens with zero attached hydrogens (tertiary/aromatic N) is 2. The zero-order valence-electron chi connectivity index (χ0n) is 22.1. The number of hydrogen-bond donors (Lipinski definition) is 3. The molecule has 0 aliphatic carbocycles. The number of ether oxygens (including phenoxy) is 1. The van der Waals surface area contributed by atoms with Gasteiger partial charge in [0.2, 0.25) is 0 Å². The van der Waals surface area contributed by atoms with E-state index in [0.717, 1.165) is 23.0 Å². The molecule has 0 unspecified atom stereocenters. The third kappa shape index (κ3) is 7.59. The first-order chi connectivity index (χ1) is 17.0. The van der Waals surface area contributed by atoms with E-state index in [-0.39, 0.29) is 0 Å². The Morgan fingerprint density at radius 3 is 2.22 bits per heavy atom. The molecule has 36 heavy (non-hydrogen) atoms. The second-order valence-electron chi connectivity index (χ2n) is 9.03. The lowest BCUT2D eigenvalue weighted by Gasteiger charge is -2.22. The van der Waals surface area contributed by atoms with Crippen molar-refractivity contribution in [2.75, 3.05) is 7.11 Å². The number of aromatic nitrogens is 1. The Balaban J connectivity index is 0.000000504. The van der Waals surface area contributed by atoms with Crippen molar-refractivity contribution in [3.05, 3.63) is 52.2 Å². The number of carbonyl (C=O) groups is 1. The lowest BCUT2D eigenvalue weighted by atomic mass is 9.89. The summed E-state index contributed by atoms with van der Waals surface area (Å²) in [5.41, 5.74) is 10.7. The van der Waals surface area contributed by atoms with E-state index >= 15 is 0 Å². The number of rotatable bonds is 3. The van der Waals surface area contributed by atoms with Crippen LogP contribution in [0.25, 0.3) is 22.0 Å². The fraction of sp³-hybridized carbons (Fsp3) is 0.357. The normalized spacial score (nSPS) is 11.5. The molecule has 2 heterocycles. The van der Waals surface area contributed by atoms with Gasteiger partial charge in [0.05, 0.1) is 30.5 Å². The van der Waals surface area contributed by atoms with Crippen LogP contribution in [0.1, 0.15) is 44.5 Å². The summed E-state index contributed by atoms with van der Waals surface area (Å²) >= 11 is 6.10. The molecule has 0 saturated heterocycles. The second kappa shape index (κ2) is 13.7. The maximum atomic E-state index is 8.95. The molecule has 1 aliphatic rings. The minimum absolute atomic E-state index is 0.375. The van der Waals surface area contributed by atoms with Gasteiger partial charge in [0.1, 0.15) is 5.84 Å². The Morgan fingerprint density at radius 1 is 1.25 bits per heavy atom. The van der Waals surface area contributed by atoms with E-state index in [2.05, 4.69) is 66.5 Å². The molecular formula is C28H37ClN4O3. The Kier molecular flexibility index (Phi) is 11.7. The van der Waals surface area contributed by atoms with Gasteiger partial charge in [-0.15, -0.1) is 12.8 Å². The maximum absolute atomic E-state index is 8.95. The molecule has 2 aromatic carbocycles. The van der Waals surface area contributed by atoms with E-state index in [1.807, 2.05) is 12.1 Å². The van der Waals surface area contributed by atoms with Gasteiger partial charge in [0.15, 0.2) is 0 Å². The summed E-state index contributed by atoms with van der Waals surface area (Å²) in [5, 5.41) is 10.5. The number of aryl methyl sites for hydroxylation is 1. The quantitative estimate of drug-likeness (QED) is 0.187. The Hall–Kier alpha value is -3.31. The molecule has 0 radical (unpaired) electrons. The first-order valence-electron chi connectivity index (χ1n) is 11.4. The van der Waals surface area contributed by atoms with Crippen LogP contribution in [0.2, 0.25) is 5.02 Å². The zero-order valence-corrected chi connectivity index (χ0v) is 22.9. The van der Waals surface area contributed by atoms with Crippen molar-refractivity contribution in [1.82, 2.24) is 9.99 Å². The molecular weight excluding hydrogens is 476 g/mol. The molecule has 7 nitrogen and oxygen atoms in total. The minimum Gasteiger partial charge on any atom is -0.471 e. The highest BCUT2D eigenvalue weighted by molar-refractivity contribution is 6.30. The van der Waals surface area contributed by atoms with Crippen LogP contribution in [-0.4, -0.2) is 34.7 Å². The van der Waals surface area contributed by atoms with E-state index in [0.29, 0.717) is 13.0 Å². The fourth-order valence-corrected chi connectivity index (χ4v) is 4.05. The lowest BCUT2D eigenvalue weighted by Crippen LogP contribution is -2.35. The predicted octanol–water partition coefficient (Wildman–Crippen LogP) is 5.46. The molecule has 1 aliphatic heterocycles. The maximum Gasteiger partial charge on any atom is 0.292 e. The average molecular weight is 513 g/mol. The number of aliphatic imine (C=N–C) groups is 1. The summed E-state index contributed by atoms with van der Waals surface area (Å²) < 4.78 is 6.15. The van der Waals surface area contributed by atoms with E-state index in [4.69, 9.17) is 32.3 Å². The van der Waals surface area contributed by atoms with Crippen LogP contribution < -0.4 is 11.3 Å². The van der Waals surface area contributed by atoms with E-state index < -0.39 is 5.60 Å². The first kappa shape index (κ1) is 30.7. The summed E-state index contributed by atoms with van der Waals surface area (Å²) in [4.78, 5) is 13.7. The molecule has 0 bridgehead atoms. The molecule has 4 N–H and O–H groups in total. The minimum atomic E-state index is -0.500. The summed E-state index contributed by atoms with van der Waals surface area (Å²) in [5.74, 6) is 6.45. The number of aliphatic hydroxyl groups is 1. The summed E-state index contributed by atoms with van der Waals surface area (Å²) in [6, 6.07) is 10.4. The van der Waals surface area contributed by atoms with Crippen LogP contribution in [0.15, 0.2) is 35.3 Å². The predicted molar refractivity (Wildman–Crippen MR) is 151 cm³/mol. The monoisotopic (exact) mass is 512 g/mol. The van der Waals surface area contributed by atoms with Crippen molar-refractivity contribution >= 4 is 40.5 Å². The Bertz CT molecular complexity index is 1210. The highest BCUT2D eigenvalue weighted by Gasteiger charge is 2.24. The third-order valence-electron chi connectivity index (χ3n) is 5.21. The molecule has 3 aromatic rings. The SMILES string of the molecule is C#C.CC(C)(C)O.CCc1c(C)c2c3c(cc(C)n3CC(NN)=N2)c1-c1ccc(Cl)cc1.COC=O. The van der Waals surface area contributed by atoms with Gasteiger partial charge >= 0.3 is 0 Å². The van der Waals surface area contributed by atoms with Crippen molar-refractivity contribution in [1.29, 1.82) is 0 Å². The number of terminal acetylenes is 1. The van der Waals surface area contributed by atoms with Crippen LogP contribution in [-0.2, 0) is 22.5 Å². The topological polar surface area (TPSA) is 102 Å². The Morgan fingerprint density at radius 2 is 1.78 bits per heavy atom. The lowest BCUT2D eigenvalue weighted by molar-refractivity contribution is -0.126. The van der Waals surface area contributed by atoms with Gasteiger partial charge in [-0.2, -0.15) is 0 Å². The number of hydrogen-bond acceptors (Lipinski definition) is 6. The molecule has 194 valence electrons. The molecule has 0 spiro atoms. The largest absolute Gasteiger partial charge is 0.471 e. The molecule has 1 aromatic heterocycles. The van der Waals surface area contributed by atoms with Crippen LogP contribution in [0.5, 0.6) is 0 Å². The van der Waals surface area contributed by atoms with Gasteiger partial charge in [-0.1, -0.05) is 30.7 Å².